The topological polar surface area (TPSA) is 118 Å². The molecule has 48 heavy (non-hydrogen) atoms. The molecule has 0 saturated carbocycles. The largest absolute Gasteiger partial charge is 0.494 e. The molecule has 0 unspecified atom stereocenters. The number of aliphatic hydroxyl groups excluding tert-OH is 1. The Morgan fingerprint density at radius 2 is 1.71 bits per heavy atom. The molecular formula is C36H37Cl2N3O6S. The van der Waals surface area contributed by atoms with Gasteiger partial charge in [-0.15, -0.1) is 0 Å². The summed E-state index contributed by atoms with van der Waals surface area (Å²) in [5.41, 5.74) is 1.12. The number of rotatable bonds is 14. The van der Waals surface area contributed by atoms with Crippen LogP contribution in [0.3, 0.4) is 0 Å². The fourth-order valence-corrected chi connectivity index (χ4v) is 7.24. The van der Waals surface area contributed by atoms with Crippen molar-refractivity contribution in [3.63, 3.8) is 0 Å². The summed E-state index contributed by atoms with van der Waals surface area (Å²) >= 11 is 12.9. The summed E-state index contributed by atoms with van der Waals surface area (Å²) in [5, 5.41) is 12.7. The summed E-state index contributed by atoms with van der Waals surface area (Å²) < 4.78 is 39.3. The lowest BCUT2D eigenvalue weighted by Crippen LogP contribution is -2.49. The van der Waals surface area contributed by atoms with Crippen LogP contribution in [0.1, 0.15) is 35.6 Å². The van der Waals surface area contributed by atoms with Gasteiger partial charge in [0.25, 0.3) is 5.91 Å². The Hall–Kier alpha value is -4.09. The van der Waals surface area contributed by atoms with Crippen molar-refractivity contribution < 1.29 is 27.8 Å². The van der Waals surface area contributed by atoms with Gasteiger partial charge in [-0.3, -0.25) is 4.79 Å². The molecule has 0 aliphatic carbocycles. The van der Waals surface area contributed by atoms with E-state index in [0.29, 0.717) is 34.9 Å². The number of hydrogen-bond donors (Lipinski definition) is 2. The summed E-state index contributed by atoms with van der Waals surface area (Å²) in [5.74, 6) is -0.171. The van der Waals surface area contributed by atoms with Crippen LogP contribution in [0.25, 0.3) is 0 Å². The van der Waals surface area contributed by atoms with Crippen LogP contribution in [0.15, 0.2) is 107 Å². The number of carbonyl (C=O) groups is 1. The van der Waals surface area contributed by atoms with Gasteiger partial charge in [0.1, 0.15) is 5.75 Å². The van der Waals surface area contributed by atoms with E-state index in [4.69, 9.17) is 42.8 Å². The van der Waals surface area contributed by atoms with Gasteiger partial charge in [0.2, 0.25) is 5.90 Å². The van der Waals surface area contributed by atoms with Crippen molar-refractivity contribution in [1.82, 2.24) is 5.32 Å². The Labute approximate surface area is 291 Å². The number of benzene rings is 4. The minimum atomic E-state index is -3.82. The molecule has 1 aliphatic heterocycles. The van der Waals surface area contributed by atoms with Gasteiger partial charge in [-0.25, -0.2) is 13.4 Å². The third kappa shape index (κ3) is 8.13. The maximum absolute atomic E-state index is 14.5. The van der Waals surface area contributed by atoms with Crippen LogP contribution in [0.2, 0.25) is 10.0 Å². The highest BCUT2D eigenvalue weighted by atomic mass is 35.5. The van der Waals surface area contributed by atoms with Gasteiger partial charge in [-0.1, -0.05) is 59.6 Å². The third-order valence-electron chi connectivity index (χ3n) is 8.03. The second-order valence-corrected chi connectivity index (χ2v) is 14.5. The Morgan fingerprint density at radius 3 is 2.35 bits per heavy atom. The second-order valence-electron chi connectivity index (χ2n) is 11.6. The molecule has 5 rings (SSSR count). The van der Waals surface area contributed by atoms with Crippen LogP contribution in [-0.2, 0) is 25.9 Å². The van der Waals surface area contributed by atoms with Crippen molar-refractivity contribution in [2.24, 2.45) is 4.99 Å². The average Bonchev–Trinajstić information content (AvgIpc) is 3.48. The zero-order valence-corrected chi connectivity index (χ0v) is 28.9. The predicted octanol–water partition coefficient (Wildman–Crippen LogP) is 6.26. The van der Waals surface area contributed by atoms with E-state index in [2.05, 4.69) is 5.32 Å². The molecule has 0 aromatic heterocycles. The summed E-state index contributed by atoms with van der Waals surface area (Å²) in [7, 11) is 0.0695. The Bertz CT molecular complexity index is 1850. The van der Waals surface area contributed by atoms with Crippen LogP contribution in [0.5, 0.6) is 5.75 Å². The molecule has 4 aromatic carbocycles. The number of aliphatic hydroxyl groups is 1. The van der Waals surface area contributed by atoms with E-state index in [1.807, 2.05) is 43.3 Å². The van der Waals surface area contributed by atoms with Crippen molar-refractivity contribution in [3.05, 3.63) is 124 Å². The maximum atomic E-state index is 14.5. The standard InChI is InChI=1S/C36H37Cl2N3O6S/c1-41(2)28-14-9-25(10-15-28)24-39-35(43)36(19-22-48(44,45)30-7-4-3-5-8-30)33(31-18-13-27(37)23-32(31)38)47-34(40-36)26-11-16-29(17-12-26)46-21-6-20-42/h3-5,7-18,23,33,42H,6,19-22,24H2,1-2H3,(H,39,43)/t33-,36-/m1/s1. The summed E-state index contributed by atoms with van der Waals surface area (Å²) in [6.45, 7) is 0.538. The summed E-state index contributed by atoms with van der Waals surface area (Å²) in [4.78, 5) is 21.5. The molecule has 0 saturated heterocycles. The van der Waals surface area contributed by atoms with Gasteiger partial charge in [0.15, 0.2) is 21.5 Å². The molecule has 1 amide bonds. The van der Waals surface area contributed by atoms with Gasteiger partial charge in [0, 0.05) is 66.9 Å². The molecule has 0 bridgehead atoms. The molecule has 1 aliphatic rings. The number of sulfone groups is 1. The van der Waals surface area contributed by atoms with Gasteiger partial charge >= 0.3 is 0 Å². The fourth-order valence-electron chi connectivity index (χ4n) is 5.34. The highest BCUT2D eigenvalue weighted by Crippen LogP contribution is 2.45. The van der Waals surface area contributed by atoms with E-state index in [1.54, 1.807) is 60.7 Å². The SMILES string of the molecule is CN(C)c1ccc(CNC(=O)[C@]2(CCS(=O)(=O)c3ccccc3)N=C(c3ccc(OCCCO)cc3)O[C@@H]2c2ccc(Cl)cc2Cl)cc1. The van der Waals surface area contributed by atoms with Crippen molar-refractivity contribution in [2.45, 2.75) is 35.9 Å². The number of ether oxygens (including phenoxy) is 2. The lowest BCUT2D eigenvalue weighted by atomic mass is 9.85. The first kappa shape index (κ1) is 35.2. The van der Waals surface area contributed by atoms with Crippen molar-refractivity contribution in [3.8, 4) is 5.75 Å². The van der Waals surface area contributed by atoms with Gasteiger partial charge < -0.3 is 24.8 Å². The molecule has 2 atom stereocenters. The molecule has 2 N–H and O–H groups in total. The van der Waals surface area contributed by atoms with Crippen LogP contribution >= 0.6 is 23.2 Å². The third-order valence-corrected chi connectivity index (χ3v) is 10.3. The van der Waals surface area contributed by atoms with E-state index in [-0.39, 0.29) is 41.1 Å². The van der Waals surface area contributed by atoms with Crippen molar-refractivity contribution in [2.75, 3.05) is 38.0 Å². The predicted molar refractivity (Wildman–Crippen MR) is 189 cm³/mol. The summed E-state index contributed by atoms with van der Waals surface area (Å²) in [6.07, 6.45) is -0.796. The van der Waals surface area contributed by atoms with Crippen LogP contribution in [0.4, 0.5) is 5.69 Å². The number of amides is 1. The lowest BCUT2D eigenvalue weighted by molar-refractivity contribution is -0.129. The second kappa shape index (κ2) is 15.4. The molecule has 4 aromatic rings. The molecule has 252 valence electrons. The fraction of sp³-hybridized carbons (Fsp3) is 0.278. The molecule has 0 spiro atoms. The van der Waals surface area contributed by atoms with Crippen LogP contribution in [-0.4, -0.2) is 63.9 Å². The molecule has 1 heterocycles. The Balaban J connectivity index is 1.55. The number of nitrogens with zero attached hydrogens (tertiary/aromatic N) is 2. The van der Waals surface area contributed by atoms with Crippen molar-refractivity contribution >= 4 is 50.5 Å². The minimum absolute atomic E-state index is 0.0168. The Morgan fingerprint density at radius 1 is 1.00 bits per heavy atom. The van der Waals surface area contributed by atoms with E-state index in [0.717, 1.165) is 11.3 Å². The molecule has 0 radical (unpaired) electrons. The van der Waals surface area contributed by atoms with E-state index >= 15 is 0 Å². The number of hydrogen-bond acceptors (Lipinski definition) is 8. The van der Waals surface area contributed by atoms with Gasteiger partial charge in [-0.2, -0.15) is 0 Å². The molecule has 0 fully saturated rings. The van der Waals surface area contributed by atoms with E-state index in [1.165, 1.54) is 12.1 Å². The zero-order chi connectivity index (χ0) is 34.3. The monoisotopic (exact) mass is 709 g/mol. The highest BCUT2D eigenvalue weighted by molar-refractivity contribution is 7.91. The average molecular weight is 711 g/mol. The maximum Gasteiger partial charge on any atom is 0.252 e. The number of nitrogens with one attached hydrogen (secondary N) is 1. The lowest BCUT2D eigenvalue weighted by Gasteiger charge is -2.31. The first-order valence-corrected chi connectivity index (χ1v) is 17.8. The van der Waals surface area contributed by atoms with E-state index < -0.39 is 27.4 Å². The van der Waals surface area contributed by atoms with Crippen LogP contribution in [0, 0.1) is 0 Å². The first-order valence-electron chi connectivity index (χ1n) is 15.4. The van der Waals surface area contributed by atoms with Crippen molar-refractivity contribution in [1.29, 1.82) is 0 Å². The number of aliphatic imine (C=N–C) groups is 1. The quantitative estimate of drug-likeness (QED) is 0.149. The smallest absolute Gasteiger partial charge is 0.252 e. The van der Waals surface area contributed by atoms with Gasteiger partial charge in [-0.05, 0) is 66.2 Å². The highest BCUT2D eigenvalue weighted by Gasteiger charge is 2.54. The zero-order valence-electron chi connectivity index (χ0n) is 26.6. The van der Waals surface area contributed by atoms with E-state index in [9.17, 15) is 13.2 Å². The number of halogens is 2. The first-order chi connectivity index (χ1) is 23.0. The minimum Gasteiger partial charge on any atom is -0.494 e. The van der Waals surface area contributed by atoms with Gasteiger partial charge in [0.05, 0.1) is 17.3 Å². The molecular weight excluding hydrogens is 673 g/mol. The number of carbonyl (C=O) groups excluding carboxylic acids is 1. The molecule has 9 nitrogen and oxygen atoms in total. The summed E-state index contributed by atoms with van der Waals surface area (Å²) in [6, 6.07) is 27.6. The van der Waals surface area contributed by atoms with Crippen LogP contribution < -0.4 is 15.0 Å². The normalized spacial score (nSPS) is 17.4. The molecule has 12 heteroatoms. The number of anilines is 1. The Kier molecular flexibility index (Phi) is 11.3.